The number of ether oxygens (including phenoxy) is 2. The number of unbranched alkanes of at least 4 members (excludes halogenated alkanes) is 3. The molecule has 0 aromatic heterocycles. The van der Waals surface area contributed by atoms with Crippen molar-refractivity contribution in [2.45, 2.75) is 72.0 Å². The number of aliphatic hydroxyl groups excluding tert-OH is 2. The van der Waals surface area contributed by atoms with Crippen LogP contribution in [0.5, 0.6) is 0 Å². The molecule has 2 N–H and O–H groups in total. The number of hydrogen-bond acceptors (Lipinski definition) is 6. The molecule has 126 valence electrons. The molecule has 0 aromatic rings. The molecule has 6 nitrogen and oxygen atoms in total. The smallest absolute Gasteiger partial charge is 0.334 e. The van der Waals surface area contributed by atoms with Crippen LogP contribution in [-0.4, -0.2) is 47.6 Å². The maximum Gasteiger partial charge on any atom is 0.334 e. The second-order valence-corrected chi connectivity index (χ2v) is 4.75. The van der Waals surface area contributed by atoms with Crippen LogP contribution in [0.15, 0.2) is 0 Å². The second kappa shape index (κ2) is 15.3. The van der Waals surface area contributed by atoms with Crippen LogP contribution in [0.2, 0.25) is 0 Å². The van der Waals surface area contributed by atoms with Gasteiger partial charge in [0.05, 0.1) is 13.2 Å². The van der Waals surface area contributed by atoms with E-state index in [2.05, 4.69) is 11.7 Å². The number of rotatable bonds is 9. The highest BCUT2D eigenvalue weighted by Crippen LogP contribution is 1.95. The van der Waals surface area contributed by atoms with Crippen molar-refractivity contribution < 1.29 is 29.3 Å². The van der Waals surface area contributed by atoms with E-state index in [1.54, 1.807) is 0 Å². The Morgan fingerprint density at radius 3 is 1.52 bits per heavy atom. The van der Waals surface area contributed by atoms with E-state index >= 15 is 0 Å². The Labute approximate surface area is 127 Å². The number of carbonyl (C=O) groups excluding carboxylic acids is 2. The Morgan fingerprint density at radius 1 is 0.810 bits per heavy atom. The molecule has 0 heterocycles. The topological polar surface area (TPSA) is 93.1 Å². The van der Waals surface area contributed by atoms with Crippen molar-refractivity contribution in [3.8, 4) is 0 Å². The lowest BCUT2D eigenvalue weighted by atomic mass is 10.3. The van der Waals surface area contributed by atoms with E-state index in [0.29, 0.717) is 13.2 Å². The van der Waals surface area contributed by atoms with E-state index in [9.17, 15) is 9.59 Å². The summed E-state index contributed by atoms with van der Waals surface area (Å²) < 4.78 is 9.37. The molecule has 0 bridgehead atoms. The standard InChI is InChI=1S/C8H16O3.C7H14O3/c1-3-4-5-6-11-8(10)7(2)9;1-3-4-5-10-7(9)6(2)8/h7,9H,3-6H2,1-2H3;6,8H,3-5H2,1-2H3. The zero-order valence-corrected chi connectivity index (χ0v) is 13.6. The minimum absolute atomic E-state index is 0.417. The van der Waals surface area contributed by atoms with Gasteiger partial charge in [0.25, 0.3) is 0 Å². The fraction of sp³-hybridized carbons (Fsp3) is 0.867. The Bertz CT molecular complexity index is 263. The first-order chi connectivity index (χ1) is 9.86. The van der Waals surface area contributed by atoms with Gasteiger partial charge in [0.2, 0.25) is 0 Å². The summed E-state index contributed by atoms with van der Waals surface area (Å²) in [4.78, 5) is 21.2. The van der Waals surface area contributed by atoms with Crippen LogP contribution in [0.1, 0.15) is 59.8 Å². The molecule has 0 saturated heterocycles. The Balaban J connectivity index is 0. The van der Waals surface area contributed by atoms with Gasteiger partial charge in [-0.25, -0.2) is 9.59 Å². The minimum Gasteiger partial charge on any atom is -0.464 e. The van der Waals surface area contributed by atoms with E-state index < -0.39 is 24.1 Å². The maximum absolute atomic E-state index is 10.6. The summed E-state index contributed by atoms with van der Waals surface area (Å²) in [6.07, 6.45) is 2.92. The van der Waals surface area contributed by atoms with Crippen LogP contribution >= 0.6 is 0 Å². The van der Waals surface area contributed by atoms with E-state index in [1.807, 2.05) is 6.92 Å². The zero-order valence-electron chi connectivity index (χ0n) is 13.6. The third kappa shape index (κ3) is 16.8. The molecule has 0 amide bonds. The van der Waals surface area contributed by atoms with Gasteiger partial charge in [0.1, 0.15) is 12.2 Å². The molecule has 0 aliphatic carbocycles. The van der Waals surface area contributed by atoms with Crippen LogP contribution in [0, 0.1) is 0 Å². The van der Waals surface area contributed by atoms with E-state index in [0.717, 1.165) is 32.1 Å². The summed E-state index contributed by atoms with van der Waals surface area (Å²) in [7, 11) is 0. The third-order valence-electron chi connectivity index (χ3n) is 2.42. The fourth-order valence-corrected chi connectivity index (χ4v) is 1.08. The number of hydrogen-bond donors (Lipinski definition) is 2. The summed E-state index contributed by atoms with van der Waals surface area (Å²) in [6.45, 7) is 7.74. The van der Waals surface area contributed by atoms with Crippen LogP contribution in [0.3, 0.4) is 0 Å². The average molecular weight is 306 g/mol. The van der Waals surface area contributed by atoms with E-state index in [-0.39, 0.29) is 0 Å². The number of carbonyl (C=O) groups is 2. The molecule has 0 aliphatic rings. The first kappa shape index (κ1) is 22.1. The molecule has 0 rings (SSSR count). The lowest BCUT2D eigenvalue weighted by molar-refractivity contribution is -0.153. The monoisotopic (exact) mass is 306 g/mol. The molecule has 0 aliphatic heterocycles. The van der Waals surface area contributed by atoms with Gasteiger partial charge in [0, 0.05) is 0 Å². The average Bonchev–Trinajstić information content (AvgIpc) is 2.44. The minimum atomic E-state index is -0.989. The Morgan fingerprint density at radius 2 is 1.19 bits per heavy atom. The van der Waals surface area contributed by atoms with Gasteiger partial charge >= 0.3 is 11.9 Å². The van der Waals surface area contributed by atoms with Crippen LogP contribution in [-0.2, 0) is 19.1 Å². The lowest BCUT2D eigenvalue weighted by Crippen LogP contribution is -2.19. The summed E-state index contributed by atoms with van der Waals surface area (Å²) in [5.41, 5.74) is 0. The van der Waals surface area contributed by atoms with Crippen molar-refractivity contribution in [1.29, 1.82) is 0 Å². The Kier molecular flexibility index (Phi) is 16.1. The molecule has 0 radical (unpaired) electrons. The quantitative estimate of drug-likeness (QED) is 0.498. The predicted molar refractivity (Wildman–Crippen MR) is 79.7 cm³/mol. The van der Waals surface area contributed by atoms with E-state index in [4.69, 9.17) is 14.9 Å². The van der Waals surface area contributed by atoms with Crippen LogP contribution in [0.25, 0.3) is 0 Å². The van der Waals surface area contributed by atoms with Gasteiger partial charge in [-0.1, -0.05) is 33.1 Å². The van der Waals surface area contributed by atoms with Crippen molar-refractivity contribution in [2.75, 3.05) is 13.2 Å². The van der Waals surface area contributed by atoms with Crippen molar-refractivity contribution in [3.05, 3.63) is 0 Å². The van der Waals surface area contributed by atoms with Crippen LogP contribution < -0.4 is 0 Å². The molecule has 0 fully saturated rings. The van der Waals surface area contributed by atoms with Crippen molar-refractivity contribution >= 4 is 11.9 Å². The highest BCUT2D eigenvalue weighted by atomic mass is 16.5. The summed E-state index contributed by atoms with van der Waals surface area (Å²) in [6, 6.07) is 0. The first-order valence-electron chi connectivity index (χ1n) is 7.56. The predicted octanol–water partition coefficient (Wildman–Crippen LogP) is 1.81. The maximum atomic E-state index is 10.6. The first-order valence-corrected chi connectivity index (χ1v) is 7.56. The summed E-state index contributed by atoms with van der Waals surface area (Å²) in [5.74, 6) is -1.06. The molecule has 0 saturated carbocycles. The highest BCUT2D eigenvalue weighted by Gasteiger charge is 2.09. The SMILES string of the molecule is CCCCCOC(=O)C(C)O.CCCCOC(=O)C(C)O. The molecule has 6 heteroatoms. The summed E-state index contributed by atoms with van der Waals surface area (Å²) in [5, 5.41) is 17.3. The van der Waals surface area contributed by atoms with Crippen molar-refractivity contribution in [1.82, 2.24) is 0 Å². The molecule has 2 atom stereocenters. The van der Waals surface area contributed by atoms with Gasteiger partial charge in [-0.2, -0.15) is 0 Å². The molecule has 0 spiro atoms. The van der Waals surface area contributed by atoms with E-state index in [1.165, 1.54) is 13.8 Å². The fourth-order valence-electron chi connectivity index (χ4n) is 1.08. The Hall–Kier alpha value is -1.14. The third-order valence-corrected chi connectivity index (χ3v) is 2.42. The van der Waals surface area contributed by atoms with Gasteiger partial charge in [0.15, 0.2) is 0 Å². The largest absolute Gasteiger partial charge is 0.464 e. The molecule has 2 unspecified atom stereocenters. The lowest BCUT2D eigenvalue weighted by Gasteiger charge is -2.04. The normalized spacial score (nSPS) is 12.7. The van der Waals surface area contributed by atoms with Crippen LogP contribution in [0.4, 0.5) is 0 Å². The molecule has 21 heavy (non-hydrogen) atoms. The molecule has 0 aromatic carbocycles. The highest BCUT2D eigenvalue weighted by molar-refractivity contribution is 5.74. The molecular formula is C15H30O6. The second-order valence-electron chi connectivity index (χ2n) is 4.75. The number of aliphatic hydroxyl groups is 2. The number of esters is 2. The summed E-state index contributed by atoms with van der Waals surface area (Å²) >= 11 is 0. The van der Waals surface area contributed by atoms with Crippen molar-refractivity contribution in [2.24, 2.45) is 0 Å². The van der Waals surface area contributed by atoms with Gasteiger partial charge in [-0.05, 0) is 26.7 Å². The van der Waals surface area contributed by atoms with Gasteiger partial charge < -0.3 is 19.7 Å². The van der Waals surface area contributed by atoms with Gasteiger partial charge in [-0.15, -0.1) is 0 Å². The zero-order chi connectivity index (χ0) is 16.7. The molecular weight excluding hydrogens is 276 g/mol. The van der Waals surface area contributed by atoms with Crippen molar-refractivity contribution in [3.63, 3.8) is 0 Å². The van der Waals surface area contributed by atoms with Gasteiger partial charge in [-0.3, -0.25) is 0 Å².